The van der Waals surface area contributed by atoms with Crippen molar-refractivity contribution >= 4 is 27.3 Å². The van der Waals surface area contributed by atoms with E-state index < -0.39 is 33.6 Å². The number of ether oxygens (including phenoxy) is 1. The Hall–Kier alpha value is -2.18. The van der Waals surface area contributed by atoms with Gasteiger partial charge in [-0.05, 0) is 54.5 Å². The predicted molar refractivity (Wildman–Crippen MR) is 118 cm³/mol. The molecule has 0 aliphatic heterocycles. The molecule has 2 aromatic rings. The van der Waals surface area contributed by atoms with Gasteiger partial charge in [-0.1, -0.05) is 27.7 Å². The van der Waals surface area contributed by atoms with Crippen molar-refractivity contribution in [2.75, 3.05) is 0 Å². The molecule has 2 rings (SSSR count). The first-order chi connectivity index (χ1) is 14.9. The minimum absolute atomic E-state index is 0.257. The van der Waals surface area contributed by atoms with Gasteiger partial charge in [0.1, 0.15) is 5.75 Å². The molecule has 1 aromatic heterocycles. The maximum absolute atomic E-state index is 12.8. The fourth-order valence-corrected chi connectivity index (χ4v) is 5.30. The monoisotopic (exact) mass is 508 g/mol. The maximum Gasteiger partial charge on any atom is 0.573 e. The van der Waals surface area contributed by atoms with E-state index in [1.165, 1.54) is 32.2 Å². The van der Waals surface area contributed by atoms with Crippen LogP contribution in [-0.2, 0) is 26.8 Å². The number of halogens is 3. The molecule has 7 nitrogen and oxygen atoms in total. The highest BCUT2D eigenvalue weighted by atomic mass is 32.2. The molecule has 2 N–H and O–H groups in total. The molecule has 1 heterocycles. The lowest BCUT2D eigenvalue weighted by Gasteiger charge is -2.22. The molecule has 12 heteroatoms. The van der Waals surface area contributed by atoms with Gasteiger partial charge in [0.15, 0.2) is 0 Å². The normalized spacial score (nSPS) is 13.0. The van der Waals surface area contributed by atoms with Crippen molar-refractivity contribution in [3.63, 3.8) is 0 Å². The second-order valence-corrected chi connectivity index (χ2v) is 11.6. The molecule has 1 aromatic carbocycles. The number of aromatic nitrogens is 1. The van der Waals surface area contributed by atoms with Crippen molar-refractivity contribution in [1.82, 2.24) is 9.71 Å². The molecule has 33 heavy (non-hydrogen) atoms. The van der Waals surface area contributed by atoms with E-state index in [2.05, 4.69) is 9.72 Å². The van der Waals surface area contributed by atoms with Gasteiger partial charge in [-0.3, -0.25) is 4.79 Å². The largest absolute Gasteiger partial charge is 0.573 e. The minimum atomic E-state index is -4.87. The quantitative estimate of drug-likeness (QED) is 0.542. The fourth-order valence-electron chi connectivity index (χ4n) is 3.17. The molecule has 184 valence electrons. The van der Waals surface area contributed by atoms with Crippen molar-refractivity contribution in [2.45, 2.75) is 76.1 Å². The van der Waals surface area contributed by atoms with E-state index in [-0.39, 0.29) is 22.6 Å². The van der Waals surface area contributed by atoms with Gasteiger partial charge >= 0.3 is 6.36 Å². The minimum Gasteiger partial charge on any atom is -0.406 e. The van der Waals surface area contributed by atoms with Gasteiger partial charge in [0.2, 0.25) is 10.2 Å². The average molecular weight is 509 g/mol. The molecule has 0 radical (unpaired) electrons. The smallest absolute Gasteiger partial charge is 0.406 e. The number of hydrogen-bond donors (Lipinski definition) is 2. The number of hydrogen-bond acceptors (Lipinski definition) is 7. The number of amides is 1. The van der Waals surface area contributed by atoms with E-state index in [9.17, 15) is 31.5 Å². The zero-order valence-corrected chi connectivity index (χ0v) is 20.7. The summed E-state index contributed by atoms with van der Waals surface area (Å²) in [6, 6.07) is 2.44. The van der Waals surface area contributed by atoms with Crippen molar-refractivity contribution in [1.29, 1.82) is 0 Å². The highest BCUT2D eigenvalue weighted by Crippen LogP contribution is 2.35. The van der Waals surface area contributed by atoms with Gasteiger partial charge in [-0.25, -0.2) is 9.71 Å². The molecule has 0 saturated carbocycles. The van der Waals surface area contributed by atoms with E-state index in [0.29, 0.717) is 21.6 Å². The Morgan fingerprint density at radius 1 is 1.15 bits per heavy atom. The van der Waals surface area contributed by atoms with Crippen LogP contribution in [0.2, 0.25) is 0 Å². The molecule has 0 spiro atoms. The molecule has 1 amide bonds. The van der Waals surface area contributed by atoms with E-state index >= 15 is 0 Å². The zero-order valence-electron chi connectivity index (χ0n) is 19.1. The van der Waals surface area contributed by atoms with Crippen LogP contribution in [0.3, 0.4) is 0 Å². The average Bonchev–Trinajstić information content (AvgIpc) is 3.12. The van der Waals surface area contributed by atoms with Gasteiger partial charge in [-0.15, -0.1) is 24.5 Å². The summed E-state index contributed by atoms with van der Waals surface area (Å²) >= 11 is 0.731. The number of aliphatic hydroxyl groups is 1. The van der Waals surface area contributed by atoms with E-state index in [1.54, 1.807) is 27.7 Å². The molecule has 0 fully saturated rings. The third-order valence-corrected chi connectivity index (χ3v) is 7.75. The van der Waals surface area contributed by atoms with Crippen LogP contribution in [-0.4, -0.2) is 30.8 Å². The SMILES string of the molecule is CC(C)c1cc(OC(F)(F)F)cc(C(C)C)c1CC(=O)NS(=O)(=O)c1ncc(C(C)(C)O)s1. The number of benzene rings is 1. The van der Waals surface area contributed by atoms with E-state index in [4.69, 9.17) is 0 Å². The Bertz CT molecular complexity index is 1090. The molecular weight excluding hydrogens is 481 g/mol. The van der Waals surface area contributed by atoms with E-state index in [1.807, 2.05) is 4.72 Å². The number of carbonyl (C=O) groups is 1. The van der Waals surface area contributed by atoms with Crippen molar-refractivity contribution < 1.29 is 36.2 Å². The highest BCUT2D eigenvalue weighted by Gasteiger charge is 2.32. The van der Waals surface area contributed by atoms with Crippen LogP contribution >= 0.6 is 11.3 Å². The number of rotatable bonds is 8. The number of alkyl halides is 3. The molecule has 0 aliphatic carbocycles. The molecule has 0 unspecified atom stereocenters. The summed E-state index contributed by atoms with van der Waals surface area (Å²) in [6.45, 7) is 9.96. The standard InChI is InChI=1S/C21H27F3N2O5S2/c1-11(2)14-7-13(31-21(22,23)24)8-15(12(3)4)16(14)9-18(27)26-33(29,30)19-25-10-17(32-19)20(5,6)28/h7-8,10-12,28H,9H2,1-6H3,(H,26,27). The molecule has 0 atom stereocenters. The molecule has 0 saturated heterocycles. The summed E-state index contributed by atoms with van der Waals surface area (Å²) in [7, 11) is -4.29. The Labute approximate surface area is 195 Å². The van der Waals surface area contributed by atoms with E-state index in [0.717, 1.165) is 11.3 Å². The number of sulfonamides is 1. The number of nitrogens with zero attached hydrogens (tertiary/aromatic N) is 1. The first-order valence-corrected chi connectivity index (χ1v) is 12.4. The zero-order chi connectivity index (χ0) is 25.4. The van der Waals surface area contributed by atoms with Gasteiger partial charge in [0, 0.05) is 6.20 Å². The fraction of sp³-hybridized carbons (Fsp3) is 0.524. The number of carbonyl (C=O) groups excluding carboxylic acids is 1. The predicted octanol–water partition coefficient (Wildman–Crippen LogP) is 4.56. The lowest BCUT2D eigenvalue weighted by Crippen LogP contribution is -2.32. The van der Waals surface area contributed by atoms with Crippen LogP contribution in [0, 0.1) is 0 Å². The summed E-state index contributed by atoms with van der Waals surface area (Å²) in [5.41, 5.74) is 0.0465. The van der Waals surface area contributed by atoms with Crippen LogP contribution in [0.25, 0.3) is 0 Å². The van der Waals surface area contributed by atoms with Crippen LogP contribution in [0.4, 0.5) is 13.2 Å². The van der Waals surface area contributed by atoms with Gasteiger partial charge in [-0.2, -0.15) is 8.42 Å². The van der Waals surface area contributed by atoms with Crippen molar-refractivity contribution in [3.05, 3.63) is 39.9 Å². The van der Waals surface area contributed by atoms with Crippen LogP contribution in [0.15, 0.2) is 22.7 Å². The van der Waals surface area contributed by atoms with Gasteiger partial charge in [0.05, 0.1) is 16.9 Å². The maximum atomic E-state index is 12.8. The highest BCUT2D eigenvalue weighted by molar-refractivity contribution is 7.92. The summed E-state index contributed by atoms with van der Waals surface area (Å²) < 4.78 is 69.2. The van der Waals surface area contributed by atoms with Gasteiger partial charge < -0.3 is 9.84 Å². The Morgan fingerprint density at radius 3 is 2.06 bits per heavy atom. The summed E-state index contributed by atoms with van der Waals surface area (Å²) in [6.07, 6.45) is -4.02. The topological polar surface area (TPSA) is 106 Å². The Morgan fingerprint density at radius 2 is 1.67 bits per heavy atom. The lowest BCUT2D eigenvalue weighted by atomic mass is 9.86. The summed E-state index contributed by atoms with van der Waals surface area (Å²) in [5.74, 6) is -1.77. The second kappa shape index (κ2) is 9.59. The third kappa shape index (κ3) is 7.15. The summed E-state index contributed by atoms with van der Waals surface area (Å²) in [5, 5.41) is 10.0. The molecular formula is C21H27F3N2O5S2. The van der Waals surface area contributed by atoms with Crippen molar-refractivity contribution in [3.8, 4) is 5.75 Å². The first-order valence-electron chi connectivity index (χ1n) is 10.1. The first kappa shape index (κ1) is 27.1. The third-order valence-electron chi connectivity index (χ3n) is 4.67. The number of thiazole rings is 1. The van der Waals surface area contributed by atoms with Crippen LogP contribution < -0.4 is 9.46 Å². The second-order valence-electron chi connectivity index (χ2n) is 8.69. The van der Waals surface area contributed by atoms with Crippen LogP contribution in [0.1, 0.15) is 74.9 Å². The number of nitrogens with one attached hydrogen (secondary N) is 1. The lowest BCUT2D eigenvalue weighted by molar-refractivity contribution is -0.274. The molecule has 0 aliphatic rings. The molecule has 0 bridgehead atoms. The Balaban J connectivity index is 2.38. The Kier molecular flexibility index (Phi) is 7.87. The van der Waals surface area contributed by atoms with Crippen molar-refractivity contribution in [2.24, 2.45) is 0 Å². The van der Waals surface area contributed by atoms with Gasteiger partial charge in [0.25, 0.3) is 10.0 Å². The summed E-state index contributed by atoms with van der Waals surface area (Å²) in [4.78, 5) is 16.8. The van der Waals surface area contributed by atoms with Crippen LogP contribution in [0.5, 0.6) is 5.75 Å².